The molecule has 0 spiro atoms. The van der Waals surface area contributed by atoms with Gasteiger partial charge in [-0.1, -0.05) is 12.1 Å². The van der Waals surface area contributed by atoms with Crippen LogP contribution in [-0.4, -0.2) is 11.9 Å². The number of alkyl halides is 3. The minimum atomic E-state index is -4.45. The lowest BCUT2D eigenvalue weighted by molar-refractivity contribution is -0.139. The van der Waals surface area contributed by atoms with E-state index in [2.05, 4.69) is 0 Å². The molecule has 0 amide bonds. The molecule has 0 aliphatic carbocycles. The second-order valence-electron chi connectivity index (χ2n) is 3.83. The summed E-state index contributed by atoms with van der Waals surface area (Å²) >= 11 is 0. The van der Waals surface area contributed by atoms with E-state index in [1.165, 1.54) is 25.1 Å². The van der Waals surface area contributed by atoms with E-state index in [1.807, 2.05) is 0 Å². The number of carbonyl (C=O) groups is 1. The number of benzene rings is 1. The van der Waals surface area contributed by atoms with Crippen LogP contribution in [0.25, 0.3) is 0 Å². The Morgan fingerprint density at radius 3 is 2.47 bits per heavy atom. The second-order valence-corrected chi connectivity index (χ2v) is 3.83. The highest BCUT2D eigenvalue weighted by molar-refractivity contribution is 5.75. The number of carbonyl (C=O) groups excluding carboxylic acids is 1. The maximum Gasteiger partial charge on any atom is 0.419 e. The average Bonchev–Trinajstić information content (AvgIpc) is 2.15. The Morgan fingerprint density at radius 2 is 1.94 bits per heavy atom. The molecular weight excluding hydrogens is 233 g/mol. The van der Waals surface area contributed by atoms with Crippen molar-refractivity contribution in [1.82, 2.24) is 0 Å². The normalized spacial score (nSPS) is 13.2. The van der Waals surface area contributed by atoms with Gasteiger partial charge in [0.05, 0.1) is 5.56 Å². The fraction of sp³-hybridized carbons (Fsp3) is 0.417. The molecule has 5 heteroatoms. The molecule has 94 valence electrons. The van der Waals surface area contributed by atoms with Gasteiger partial charge in [0.25, 0.3) is 0 Å². The molecule has 1 rings (SSSR count). The van der Waals surface area contributed by atoms with E-state index in [0.29, 0.717) is 0 Å². The summed E-state index contributed by atoms with van der Waals surface area (Å²) in [6.45, 7) is 2.93. The molecule has 0 radical (unpaired) electrons. The van der Waals surface area contributed by atoms with Crippen molar-refractivity contribution in [2.45, 2.75) is 32.5 Å². The van der Waals surface area contributed by atoms with Gasteiger partial charge >= 0.3 is 6.18 Å². The molecule has 0 saturated heterocycles. The lowest BCUT2D eigenvalue weighted by Crippen LogP contribution is -2.18. The molecule has 0 saturated carbocycles. The summed E-state index contributed by atoms with van der Waals surface area (Å²) in [5.41, 5.74) is -0.824. The molecule has 1 unspecified atom stereocenters. The van der Waals surface area contributed by atoms with Gasteiger partial charge in [-0.3, -0.25) is 4.79 Å². The summed E-state index contributed by atoms with van der Waals surface area (Å²) in [4.78, 5) is 10.8. The summed E-state index contributed by atoms with van der Waals surface area (Å²) in [6, 6.07) is 4.96. The van der Waals surface area contributed by atoms with Crippen LogP contribution in [-0.2, 0) is 11.0 Å². The van der Waals surface area contributed by atoms with E-state index >= 15 is 0 Å². The maximum atomic E-state index is 12.6. The molecule has 1 aromatic rings. The zero-order valence-electron chi connectivity index (χ0n) is 9.54. The molecule has 0 N–H and O–H groups in total. The molecule has 0 bridgehead atoms. The number of para-hydroxylation sites is 1. The Balaban J connectivity index is 2.87. The van der Waals surface area contributed by atoms with Crippen LogP contribution in [0.5, 0.6) is 5.75 Å². The first-order chi connectivity index (χ1) is 7.80. The molecule has 0 heterocycles. The topological polar surface area (TPSA) is 26.3 Å². The van der Waals surface area contributed by atoms with Crippen LogP contribution in [0.1, 0.15) is 25.8 Å². The highest BCUT2D eigenvalue weighted by atomic mass is 19.4. The minimum absolute atomic E-state index is 0.0895. The first-order valence-corrected chi connectivity index (χ1v) is 5.13. The van der Waals surface area contributed by atoms with Crippen LogP contribution in [0.3, 0.4) is 0 Å². The summed E-state index contributed by atoms with van der Waals surface area (Å²) < 4.78 is 43.0. The van der Waals surface area contributed by atoms with Crippen LogP contribution < -0.4 is 4.74 Å². The van der Waals surface area contributed by atoms with E-state index in [9.17, 15) is 18.0 Å². The van der Waals surface area contributed by atoms with Crippen molar-refractivity contribution in [2.75, 3.05) is 0 Å². The van der Waals surface area contributed by atoms with E-state index in [0.717, 1.165) is 6.07 Å². The Labute approximate surface area is 97.4 Å². The predicted molar refractivity (Wildman–Crippen MR) is 56.8 cm³/mol. The third-order valence-corrected chi connectivity index (χ3v) is 2.10. The Morgan fingerprint density at radius 1 is 1.35 bits per heavy atom. The van der Waals surface area contributed by atoms with Gasteiger partial charge in [0.2, 0.25) is 0 Å². The number of halogens is 3. The Bertz CT molecular complexity index is 399. The maximum absolute atomic E-state index is 12.6. The number of hydrogen-bond acceptors (Lipinski definition) is 2. The van der Waals surface area contributed by atoms with Gasteiger partial charge in [-0.2, -0.15) is 13.2 Å². The number of rotatable bonds is 4. The van der Waals surface area contributed by atoms with E-state index < -0.39 is 17.8 Å². The second kappa shape index (κ2) is 5.21. The van der Waals surface area contributed by atoms with Crippen LogP contribution in [0.15, 0.2) is 24.3 Å². The molecule has 0 aromatic heterocycles. The molecule has 0 aliphatic heterocycles. The van der Waals surface area contributed by atoms with Crippen LogP contribution >= 0.6 is 0 Å². The van der Waals surface area contributed by atoms with Gasteiger partial charge in [0.15, 0.2) is 0 Å². The van der Waals surface area contributed by atoms with Crippen molar-refractivity contribution in [2.24, 2.45) is 0 Å². The molecule has 1 aromatic carbocycles. The quantitative estimate of drug-likeness (QED) is 0.813. The average molecular weight is 246 g/mol. The first-order valence-electron chi connectivity index (χ1n) is 5.13. The van der Waals surface area contributed by atoms with Crippen molar-refractivity contribution >= 4 is 5.78 Å². The number of hydrogen-bond donors (Lipinski definition) is 0. The smallest absolute Gasteiger partial charge is 0.419 e. The van der Waals surface area contributed by atoms with Crippen LogP contribution in [0.2, 0.25) is 0 Å². The summed E-state index contributed by atoms with van der Waals surface area (Å²) in [6.07, 6.45) is -4.94. The predicted octanol–water partition coefficient (Wildman–Crippen LogP) is 3.45. The largest absolute Gasteiger partial charge is 0.490 e. The summed E-state index contributed by atoms with van der Waals surface area (Å²) in [5.74, 6) is -0.365. The van der Waals surface area contributed by atoms with Crippen LogP contribution in [0, 0.1) is 0 Å². The fourth-order valence-electron chi connectivity index (χ4n) is 1.47. The van der Waals surface area contributed by atoms with Crippen molar-refractivity contribution < 1.29 is 22.7 Å². The van der Waals surface area contributed by atoms with Gasteiger partial charge < -0.3 is 4.74 Å². The lowest BCUT2D eigenvalue weighted by atomic mass is 10.2. The summed E-state index contributed by atoms with van der Waals surface area (Å²) in [7, 11) is 0. The SMILES string of the molecule is CC(=O)CC(C)Oc1ccccc1C(F)(F)F. The van der Waals surface area contributed by atoms with E-state index in [-0.39, 0.29) is 18.0 Å². The highest BCUT2D eigenvalue weighted by Crippen LogP contribution is 2.36. The monoisotopic (exact) mass is 246 g/mol. The van der Waals surface area contributed by atoms with Crippen molar-refractivity contribution in [3.05, 3.63) is 29.8 Å². The van der Waals surface area contributed by atoms with E-state index in [1.54, 1.807) is 6.92 Å². The Hall–Kier alpha value is -1.52. The zero-order valence-corrected chi connectivity index (χ0v) is 9.54. The van der Waals surface area contributed by atoms with Gasteiger partial charge in [-0.25, -0.2) is 0 Å². The van der Waals surface area contributed by atoms with Crippen molar-refractivity contribution in [3.63, 3.8) is 0 Å². The van der Waals surface area contributed by atoms with Crippen molar-refractivity contribution in [3.8, 4) is 5.75 Å². The first kappa shape index (κ1) is 13.5. The Kier molecular flexibility index (Phi) is 4.15. The van der Waals surface area contributed by atoms with Gasteiger partial charge in [0, 0.05) is 6.42 Å². The van der Waals surface area contributed by atoms with E-state index in [4.69, 9.17) is 4.74 Å². The fourth-order valence-corrected chi connectivity index (χ4v) is 1.47. The highest BCUT2D eigenvalue weighted by Gasteiger charge is 2.34. The number of ketones is 1. The molecule has 0 fully saturated rings. The van der Waals surface area contributed by atoms with Gasteiger partial charge in [0.1, 0.15) is 17.6 Å². The van der Waals surface area contributed by atoms with Crippen molar-refractivity contribution in [1.29, 1.82) is 0 Å². The standard InChI is InChI=1S/C12H13F3O2/c1-8(16)7-9(2)17-11-6-4-3-5-10(11)12(13,14)15/h3-6,9H,7H2,1-2H3. The minimum Gasteiger partial charge on any atom is -0.490 e. The third kappa shape index (κ3) is 4.09. The van der Waals surface area contributed by atoms with Crippen LogP contribution in [0.4, 0.5) is 13.2 Å². The summed E-state index contributed by atoms with van der Waals surface area (Å²) in [5, 5.41) is 0. The zero-order chi connectivity index (χ0) is 13.1. The molecule has 17 heavy (non-hydrogen) atoms. The third-order valence-electron chi connectivity index (χ3n) is 2.10. The van der Waals surface area contributed by atoms with Gasteiger partial charge in [-0.05, 0) is 26.0 Å². The molecule has 1 atom stereocenters. The number of Topliss-reactive ketones (excluding diaryl/α,β-unsaturated/α-hetero) is 1. The van der Waals surface area contributed by atoms with Gasteiger partial charge in [-0.15, -0.1) is 0 Å². The molecule has 2 nitrogen and oxygen atoms in total. The molecular formula is C12H13F3O2. The number of ether oxygens (including phenoxy) is 1. The lowest BCUT2D eigenvalue weighted by Gasteiger charge is -2.17. The molecule has 0 aliphatic rings.